The summed E-state index contributed by atoms with van der Waals surface area (Å²) in [5.41, 5.74) is -2.44. The minimum absolute atomic E-state index is 0.0907. The summed E-state index contributed by atoms with van der Waals surface area (Å²) in [4.78, 5) is 47.2. The van der Waals surface area contributed by atoms with Crippen LogP contribution in [0.5, 0.6) is 5.75 Å². The van der Waals surface area contributed by atoms with Gasteiger partial charge < -0.3 is 13.9 Å². The lowest BCUT2D eigenvalue weighted by molar-refractivity contribution is -0.144. The Kier molecular flexibility index (Phi) is 11.8. The second-order valence-electron chi connectivity index (χ2n) is 16.8. The fourth-order valence-electron chi connectivity index (χ4n) is 8.40. The van der Waals surface area contributed by atoms with E-state index in [1.165, 1.54) is 60.9 Å². The molecule has 0 bridgehead atoms. The van der Waals surface area contributed by atoms with Crippen LogP contribution >= 0.6 is 11.3 Å². The summed E-state index contributed by atoms with van der Waals surface area (Å²) in [6.07, 6.45) is 4.21. The van der Waals surface area contributed by atoms with Gasteiger partial charge in [-0.2, -0.15) is 15.5 Å². The van der Waals surface area contributed by atoms with Crippen LogP contribution in [-0.2, 0) is 26.0 Å². The largest absolute Gasteiger partial charge is 0.508 e. The van der Waals surface area contributed by atoms with E-state index in [2.05, 4.69) is 16.3 Å². The van der Waals surface area contributed by atoms with Gasteiger partial charge in [-0.1, -0.05) is 92.8 Å². The van der Waals surface area contributed by atoms with Gasteiger partial charge >= 0.3 is 20.0 Å². The van der Waals surface area contributed by atoms with Crippen molar-refractivity contribution in [3.05, 3.63) is 129 Å². The number of benzene rings is 3. The van der Waals surface area contributed by atoms with Gasteiger partial charge in [0.1, 0.15) is 33.0 Å². The van der Waals surface area contributed by atoms with E-state index in [0.29, 0.717) is 52.4 Å². The summed E-state index contributed by atoms with van der Waals surface area (Å²) in [7, 11) is -2.03. The zero-order valence-electron chi connectivity index (χ0n) is 34.8. The topological polar surface area (TPSA) is 143 Å². The predicted octanol–water partition coefficient (Wildman–Crippen LogP) is 6.94. The van der Waals surface area contributed by atoms with E-state index in [0.717, 1.165) is 26.3 Å². The van der Waals surface area contributed by atoms with Crippen LogP contribution < -0.4 is 26.4 Å². The van der Waals surface area contributed by atoms with Crippen LogP contribution in [0.4, 0.5) is 4.39 Å². The van der Waals surface area contributed by atoms with Gasteiger partial charge in [0.15, 0.2) is 0 Å². The predicted molar refractivity (Wildman–Crippen MR) is 231 cm³/mol. The Morgan fingerprint density at radius 1 is 0.950 bits per heavy atom. The third-order valence-electron chi connectivity index (χ3n) is 11.6. The number of ether oxygens (including phenoxy) is 2. The SMILES string of the molecule is COc1ccc(F)cc1[C@H](Cn1c(=O)n(C(C)(C)C(=O)O[Si](c2ccccc2)(c2ccccc2)C(C)(C)C)c(=O)c2c(C)c(-n3nccn3)sc21)O[C@H]1CC[C@@H](C#N)CC1. The van der Waals surface area contributed by atoms with E-state index < -0.39 is 48.0 Å². The number of aryl methyl sites for hydroxylation is 1. The first-order valence-electron chi connectivity index (χ1n) is 20.0. The number of nitriles is 1. The maximum atomic E-state index is 15.3. The molecule has 0 aliphatic heterocycles. The van der Waals surface area contributed by atoms with E-state index in [9.17, 15) is 5.26 Å². The molecule has 6 aromatic rings. The molecule has 312 valence electrons. The fourth-order valence-corrected chi connectivity index (χ4v) is 14.1. The standard InChI is InChI=1S/C45H49FN6O6SSi/c1-29-38-39(53)51(45(5,6)42(54)58-60(44(2,3)4,33-14-10-8-11-15-33)34-16-12-9-13-17-34)43(55)50(41(38)59-40(29)52-48-24-25-49-52)28-37(35-26-31(46)20-23-36(35)56-7)57-32-21-18-30(27-47)19-22-32/h8-17,20,23-26,30,32,37H,18-19,21-22,28H2,1-7H3/t30-,32+,37-/m0/s1. The first-order valence-corrected chi connectivity index (χ1v) is 22.7. The molecule has 1 aliphatic rings. The van der Waals surface area contributed by atoms with E-state index in [1.807, 2.05) is 81.4 Å². The van der Waals surface area contributed by atoms with Crippen LogP contribution in [0.15, 0.2) is 101 Å². The number of carbonyl (C=O) groups is 1. The van der Waals surface area contributed by atoms with Gasteiger partial charge in [0, 0.05) is 17.0 Å². The number of nitrogens with zero attached hydrogens (tertiary/aromatic N) is 6. The maximum absolute atomic E-state index is 15.3. The first-order chi connectivity index (χ1) is 28.6. The molecular weight excluding hydrogens is 800 g/mol. The monoisotopic (exact) mass is 848 g/mol. The molecule has 0 N–H and O–H groups in total. The fraction of sp³-hybridized carbons (Fsp3) is 0.378. The number of hydrogen-bond acceptors (Lipinski definition) is 10. The third-order valence-corrected chi connectivity index (χ3v) is 17.8. The first kappa shape index (κ1) is 42.4. The zero-order chi connectivity index (χ0) is 43.0. The van der Waals surface area contributed by atoms with Gasteiger partial charge in [0.2, 0.25) is 0 Å². The number of fused-ring (bicyclic) bond motifs is 1. The molecule has 3 aromatic carbocycles. The van der Waals surface area contributed by atoms with Crippen molar-refractivity contribution < 1.29 is 23.1 Å². The molecule has 0 unspecified atom stereocenters. The molecule has 1 atom stereocenters. The van der Waals surface area contributed by atoms with Gasteiger partial charge in [-0.05, 0) is 80.1 Å². The summed E-state index contributed by atoms with van der Waals surface area (Å²) < 4.78 is 36.9. The minimum Gasteiger partial charge on any atom is -0.508 e. The smallest absolute Gasteiger partial charge is 0.333 e. The highest BCUT2D eigenvalue weighted by atomic mass is 32.1. The molecule has 15 heteroatoms. The molecule has 60 heavy (non-hydrogen) atoms. The second kappa shape index (κ2) is 16.8. The van der Waals surface area contributed by atoms with Crippen molar-refractivity contribution in [2.24, 2.45) is 5.92 Å². The Labute approximate surface area is 352 Å². The molecule has 1 saturated carbocycles. The minimum atomic E-state index is -3.50. The second-order valence-corrected chi connectivity index (χ2v) is 22.0. The van der Waals surface area contributed by atoms with E-state index in [1.54, 1.807) is 6.92 Å². The summed E-state index contributed by atoms with van der Waals surface area (Å²) in [6.45, 7) is 10.7. The highest BCUT2D eigenvalue weighted by molar-refractivity contribution is 7.21. The van der Waals surface area contributed by atoms with Crippen molar-refractivity contribution in [3.8, 4) is 16.8 Å². The molecule has 7 rings (SSSR count). The highest BCUT2D eigenvalue weighted by Crippen LogP contribution is 2.40. The highest BCUT2D eigenvalue weighted by Gasteiger charge is 2.55. The average Bonchev–Trinajstić information content (AvgIpc) is 3.89. The van der Waals surface area contributed by atoms with Crippen LogP contribution in [0.1, 0.15) is 77.5 Å². The molecule has 0 amide bonds. The zero-order valence-corrected chi connectivity index (χ0v) is 36.7. The number of aromatic nitrogens is 5. The number of carbonyl (C=O) groups excluding carboxylic acids is 1. The van der Waals surface area contributed by atoms with Crippen LogP contribution in [0.3, 0.4) is 0 Å². The Morgan fingerprint density at radius 2 is 1.55 bits per heavy atom. The van der Waals surface area contributed by atoms with Crippen LogP contribution in [0.25, 0.3) is 15.2 Å². The molecule has 0 saturated heterocycles. The van der Waals surface area contributed by atoms with Crippen LogP contribution in [0, 0.1) is 30.0 Å². The van der Waals surface area contributed by atoms with E-state index >= 15 is 18.8 Å². The van der Waals surface area contributed by atoms with Crippen molar-refractivity contribution in [2.75, 3.05) is 7.11 Å². The lowest BCUT2D eigenvalue weighted by Crippen LogP contribution is -2.69. The summed E-state index contributed by atoms with van der Waals surface area (Å²) >= 11 is 1.15. The van der Waals surface area contributed by atoms with Crippen molar-refractivity contribution in [2.45, 2.75) is 96.6 Å². The molecule has 3 aromatic heterocycles. The summed E-state index contributed by atoms with van der Waals surface area (Å²) in [6, 6.07) is 25.8. The van der Waals surface area contributed by atoms with Crippen molar-refractivity contribution in [3.63, 3.8) is 0 Å². The molecule has 1 aliphatic carbocycles. The quantitative estimate of drug-likeness (QED) is 0.120. The molecule has 1 fully saturated rings. The molecule has 3 heterocycles. The number of rotatable bonds is 12. The van der Waals surface area contributed by atoms with Crippen molar-refractivity contribution >= 4 is 46.2 Å². The van der Waals surface area contributed by atoms with Crippen molar-refractivity contribution in [1.82, 2.24) is 24.1 Å². The number of thiophene rings is 1. The molecular formula is C45H49FN6O6SSi. The van der Waals surface area contributed by atoms with E-state index in [-0.39, 0.29) is 24.0 Å². The lowest BCUT2D eigenvalue weighted by atomic mass is 9.88. The number of hydrogen-bond donors (Lipinski definition) is 0. The van der Waals surface area contributed by atoms with Gasteiger partial charge in [-0.3, -0.25) is 14.2 Å². The van der Waals surface area contributed by atoms with Crippen LogP contribution in [-0.4, -0.2) is 51.6 Å². The van der Waals surface area contributed by atoms with E-state index in [4.69, 9.17) is 13.9 Å². The maximum Gasteiger partial charge on any atom is 0.333 e. The summed E-state index contributed by atoms with van der Waals surface area (Å²) in [5, 5.41) is 20.0. The van der Waals surface area contributed by atoms with Crippen LogP contribution in [0.2, 0.25) is 5.04 Å². The third kappa shape index (κ3) is 7.63. The Hall–Kier alpha value is -5.69. The van der Waals surface area contributed by atoms with Gasteiger partial charge in [0.05, 0.1) is 43.6 Å². The van der Waals surface area contributed by atoms with Gasteiger partial charge in [0.25, 0.3) is 5.56 Å². The van der Waals surface area contributed by atoms with Gasteiger partial charge in [-0.25, -0.2) is 13.8 Å². The molecule has 0 spiro atoms. The van der Waals surface area contributed by atoms with Crippen molar-refractivity contribution in [1.29, 1.82) is 5.26 Å². The average molecular weight is 849 g/mol. The Balaban J connectivity index is 1.43. The number of methoxy groups -OCH3 is 1. The Morgan fingerprint density at radius 3 is 2.10 bits per heavy atom. The lowest BCUT2D eigenvalue weighted by Gasteiger charge is -2.43. The Bertz CT molecular complexity index is 2620. The molecule has 0 radical (unpaired) electrons. The summed E-state index contributed by atoms with van der Waals surface area (Å²) in [5.74, 6) is -1.02. The molecule has 12 nitrogen and oxygen atoms in total. The van der Waals surface area contributed by atoms with Gasteiger partial charge in [-0.15, -0.1) is 4.80 Å². The number of halogens is 1. The normalized spacial score (nSPS) is 16.6.